The van der Waals surface area contributed by atoms with E-state index in [0.717, 1.165) is 36.7 Å². The van der Waals surface area contributed by atoms with Crippen molar-refractivity contribution in [3.05, 3.63) is 24.5 Å². The van der Waals surface area contributed by atoms with Gasteiger partial charge in [0, 0.05) is 36.4 Å². The lowest BCUT2D eigenvalue weighted by atomic mass is 9.99. The summed E-state index contributed by atoms with van der Waals surface area (Å²) in [5.41, 5.74) is 0. The van der Waals surface area contributed by atoms with Crippen molar-refractivity contribution < 1.29 is 9.53 Å². The summed E-state index contributed by atoms with van der Waals surface area (Å²) in [6, 6.07) is 4.62. The maximum atomic E-state index is 12.7. The van der Waals surface area contributed by atoms with Crippen molar-refractivity contribution in [2.24, 2.45) is 0 Å². The van der Waals surface area contributed by atoms with Crippen LogP contribution in [-0.2, 0) is 4.79 Å². The number of aromatic nitrogens is 1. The molecule has 2 bridgehead atoms. The summed E-state index contributed by atoms with van der Waals surface area (Å²) in [6.45, 7) is 0. The van der Waals surface area contributed by atoms with Crippen molar-refractivity contribution in [1.82, 2.24) is 9.88 Å². The second-order valence-corrected chi connectivity index (χ2v) is 8.59. The molecule has 0 aromatic carbocycles. The van der Waals surface area contributed by atoms with Gasteiger partial charge in [0.2, 0.25) is 5.91 Å². The predicted octanol–water partition coefficient (Wildman–Crippen LogP) is 3.66. The summed E-state index contributed by atoms with van der Waals surface area (Å²) in [5, 5.41) is 0.720. The number of carbonyl (C=O) groups excluding carboxylic acids is 1. The van der Waals surface area contributed by atoms with Crippen molar-refractivity contribution in [3.63, 3.8) is 0 Å². The molecule has 4 nitrogen and oxygen atoms in total. The highest BCUT2D eigenvalue weighted by Gasteiger charge is 2.43. The van der Waals surface area contributed by atoms with E-state index in [9.17, 15) is 4.79 Å². The average molecular weight is 346 g/mol. The van der Waals surface area contributed by atoms with Crippen LogP contribution >= 0.6 is 11.8 Å². The van der Waals surface area contributed by atoms with E-state index < -0.39 is 0 Å². The standard InChI is InChI=1S/C19H26N2O2S/c22-19(13-24-18-5-1-2-6-18)21-14-7-8-15(21)11-17(10-14)23-16-4-3-9-20-12-16/h3-4,9,12,14-15,17-18H,1-2,5-8,10-11,13H2/t14-,15-/m0/s1. The molecule has 130 valence electrons. The largest absolute Gasteiger partial charge is 0.489 e. The Labute approximate surface area is 148 Å². The first-order valence-corrected chi connectivity index (χ1v) is 10.3. The third-order valence-electron chi connectivity index (χ3n) is 5.66. The van der Waals surface area contributed by atoms with Crippen LogP contribution in [0.3, 0.4) is 0 Å². The Bertz CT molecular complexity index is 548. The molecule has 2 saturated heterocycles. The molecule has 0 unspecified atom stereocenters. The summed E-state index contributed by atoms with van der Waals surface area (Å²) in [5.74, 6) is 1.88. The van der Waals surface area contributed by atoms with Crippen LogP contribution in [-0.4, -0.2) is 45.0 Å². The molecule has 2 aliphatic heterocycles. The molecule has 1 aliphatic carbocycles. The molecular weight excluding hydrogens is 320 g/mol. The third-order valence-corrected chi connectivity index (χ3v) is 7.02. The first-order chi connectivity index (χ1) is 11.8. The SMILES string of the molecule is O=C(CSC1CCCC1)N1[C@H]2CC[C@H]1CC(Oc1cccnc1)C2. The van der Waals surface area contributed by atoms with E-state index in [2.05, 4.69) is 9.88 Å². The Hall–Kier alpha value is -1.23. The molecule has 24 heavy (non-hydrogen) atoms. The lowest BCUT2D eigenvalue weighted by Crippen LogP contribution is -2.50. The van der Waals surface area contributed by atoms with Gasteiger partial charge >= 0.3 is 0 Å². The lowest BCUT2D eigenvalue weighted by Gasteiger charge is -2.39. The highest BCUT2D eigenvalue weighted by molar-refractivity contribution is 8.00. The molecule has 1 saturated carbocycles. The van der Waals surface area contributed by atoms with Crippen LogP contribution in [0.25, 0.3) is 0 Å². The zero-order valence-corrected chi connectivity index (χ0v) is 14.9. The zero-order chi connectivity index (χ0) is 16.4. The minimum absolute atomic E-state index is 0.221. The van der Waals surface area contributed by atoms with Gasteiger partial charge in [-0.05, 0) is 37.8 Å². The van der Waals surface area contributed by atoms with Crippen LogP contribution in [0.5, 0.6) is 5.75 Å². The Morgan fingerprint density at radius 2 is 1.96 bits per heavy atom. The number of piperidine rings is 1. The first-order valence-electron chi connectivity index (χ1n) is 9.29. The second kappa shape index (κ2) is 7.34. The summed E-state index contributed by atoms with van der Waals surface area (Å²) in [7, 11) is 0. The first kappa shape index (κ1) is 16.2. The van der Waals surface area contributed by atoms with Gasteiger partial charge < -0.3 is 9.64 Å². The Morgan fingerprint density at radius 3 is 2.62 bits per heavy atom. The molecule has 1 amide bonds. The van der Waals surface area contributed by atoms with Gasteiger partial charge in [0.15, 0.2) is 0 Å². The lowest BCUT2D eigenvalue weighted by molar-refractivity contribution is -0.134. The fourth-order valence-corrected chi connectivity index (χ4v) is 5.75. The number of pyridine rings is 1. The van der Waals surface area contributed by atoms with E-state index in [0.29, 0.717) is 23.7 Å². The van der Waals surface area contributed by atoms with E-state index in [4.69, 9.17) is 4.74 Å². The molecule has 0 spiro atoms. The Morgan fingerprint density at radius 1 is 1.21 bits per heavy atom. The molecule has 3 heterocycles. The number of hydrogen-bond acceptors (Lipinski definition) is 4. The highest BCUT2D eigenvalue weighted by atomic mass is 32.2. The van der Waals surface area contributed by atoms with E-state index in [1.807, 2.05) is 23.9 Å². The van der Waals surface area contributed by atoms with E-state index in [-0.39, 0.29) is 6.10 Å². The molecule has 1 aromatic heterocycles. The van der Waals surface area contributed by atoms with Crippen LogP contribution in [0.2, 0.25) is 0 Å². The maximum absolute atomic E-state index is 12.7. The number of nitrogens with zero attached hydrogens (tertiary/aromatic N) is 2. The van der Waals surface area contributed by atoms with Crippen molar-refractivity contribution in [2.45, 2.75) is 74.8 Å². The number of thioether (sulfide) groups is 1. The van der Waals surface area contributed by atoms with Crippen molar-refractivity contribution in [2.75, 3.05) is 5.75 Å². The summed E-state index contributed by atoms with van der Waals surface area (Å²) < 4.78 is 6.10. The van der Waals surface area contributed by atoms with Gasteiger partial charge in [0.25, 0.3) is 0 Å². The molecule has 0 N–H and O–H groups in total. The Balaban J connectivity index is 1.32. The molecule has 4 rings (SSSR count). The number of rotatable bonds is 5. The van der Waals surface area contributed by atoms with Gasteiger partial charge in [-0.1, -0.05) is 12.8 Å². The van der Waals surface area contributed by atoms with Gasteiger partial charge in [-0.15, -0.1) is 11.8 Å². The zero-order valence-electron chi connectivity index (χ0n) is 14.1. The third kappa shape index (κ3) is 3.56. The van der Waals surface area contributed by atoms with Gasteiger partial charge in [-0.3, -0.25) is 9.78 Å². The van der Waals surface area contributed by atoms with Crippen molar-refractivity contribution in [1.29, 1.82) is 0 Å². The van der Waals surface area contributed by atoms with E-state index in [1.165, 1.54) is 25.7 Å². The average Bonchev–Trinajstić information content (AvgIpc) is 3.20. The minimum Gasteiger partial charge on any atom is -0.489 e. The normalized spacial score (nSPS) is 29.8. The number of amides is 1. The highest BCUT2D eigenvalue weighted by Crippen LogP contribution is 2.38. The quantitative estimate of drug-likeness (QED) is 0.816. The van der Waals surface area contributed by atoms with Gasteiger partial charge in [0.1, 0.15) is 11.9 Å². The van der Waals surface area contributed by atoms with Crippen molar-refractivity contribution >= 4 is 17.7 Å². The Kier molecular flexibility index (Phi) is 4.97. The fourth-order valence-electron chi connectivity index (χ4n) is 4.56. The molecule has 1 aromatic rings. The van der Waals surface area contributed by atoms with E-state index >= 15 is 0 Å². The summed E-state index contributed by atoms with van der Waals surface area (Å²) in [4.78, 5) is 19.1. The van der Waals surface area contributed by atoms with Crippen LogP contribution in [0.15, 0.2) is 24.5 Å². The molecular formula is C19H26N2O2S. The number of carbonyl (C=O) groups is 1. The van der Waals surface area contributed by atoms with Gasteiger partial charge in [0.05, 0.1) is 11.9 Å². The van der Waals surface area contributed by atoms with E-state index in [1.54, 1.807) is 12.4 Å². The van der Waals surface area contributed by atoms with Crippen LogP contribution in [0.4, 0.5) is 0 Å². The molecule has 2 atom stereocenters. The maximum Gasteiger partial charge on any atom is 0.233 e. The molecule has 0 radical (unpaired) electrons. The van der Waals surface area contributed by atoms with Gasteiger partial charge in [-0.25, -0.2) is 0 Å². The smallest absolute Gasteiger partial charge is 0.233 e. The molecule has 3 aliphatic rings. The fraction of sp³-hybridized carbons (Fsp3) is 0.684. The van der Waals surface area contributed by atoms with Crippen LogP contribution < -0.4 is 4.74 Å². The van der Waals surface area contributed by atoms with Crippen molar-refractivity contribution in [3.8, 4) is 5.75 Å². The van der Waals surface area contributed by atoms with Crippen LogP contribution in [0.1, 0.15) is 51.4 Å². The van der Waals surface area contributed by atoms with Crippen LogP contribution in [0, 0.1) is 0 Å². The number of hydrogen-bond donors (Lipinski definition) is 0. The van der Waals surface area contributed by atoms with Gasteiger partial charge in [-0.2, -0.15) is 0 Å². The monoisotopic (exact) mass is 346 g/mol. The predicted molar refractivity (Wildman–Crippen MR) is 96.3 cm³/mol. The number of ether oxygens (including phenoxy) is 1. The molecule has 5 heteroatoms. The summed E-state index contributed by atoms with van der Waals surface area (Å²) >= 11 is 1.89. The molecule has 3 fully saturated rings. The topological polar surface area (TPSA) is 42.4 Å². The summed E-state index contributed by atoms with van der Waals surface area (Å²) in [6.07, 6.45) is 13.2. The minimum atomic E-state index is 0.221. The second-order valence-electron chi connectivity index (χ2n) is 7.30. The number of fused-ring (bicyclic) bond motifs is 2.